The third kappa shape index (κ3) is 3.58. The lowest BCUT2D eigenvalue weighted by Gasteiger charge is -2.22. The van der Waals surface area contributed by atoms with Crippen LogP contribution in [0, 0.1) is 0 Å². The van der Waals surface area contributed by atoms with Crippen LogP contribution in [0.3, 0.4) is 0 Å². The Bertz CT molecular complexity index is 743. The van der Waals surface area contributed by atoms with E-state index in [0.717, 1.165) is 0 Å². The maximum atomic E-state index is 12.2. The SMILES string of the molecule is CC(C)(CO)NC(=O)/C=C/c1coc2ccccc2c1=O. The van der Waals surface area contributed by atoms with Gasteiger partial charge < -0.3 is 14.8 Å². The molecule has 0 saturated carbocycles. The molecule has 0 radical (unpaired) electrons. The molecule has 0 bridgehead atoms. The number of carbonyl (C=O) groups excluding carboxylic acids is 1. The van der Waals surface area contributed by atoms with E-state index in [4.69, 9.17) is 9.52 Å². The van der Waals surface area contributed by atoms with Crippen LogP contribution in [0.5, 0.6) is 0 Å². The minimum atomic E-state index is -0.713. The number of nitrogens with one attached hydrogen (secondary N) is 1. The van der Waals surface area contributed by atoms with E-state index in [1.807, 2.05) is 0 Å². The fourth-order valence-corrected chi connectivity index (χ4v) is 1.79. The molecule has 21 heavy (non-hydrogen) atoms. The Hall–Kier alpha value is -2.40. The van der Waals surface area contributed by atoms with Crippen LogP contribution >= 0.6 is 0 Å². The number of amides is 1. The van der Waals surface area contributed by atoms with Crippen molar-refractivity contribution < 1.29 is 14.3 Å². The van der Waals surface area contributed by atoms with Gasteiger partial charge in [0.1, 0.15) is 11.8 Å². The molecule has 0 saturated heterocycles. The van der Waals surface area contributed by atoms with Gasteiger partial charge in [0.2, 0.25) is 5.91 Å². The fourth-order valence-electron chi connectivity index (χ4n) is 1.79. The second-order valence-corrected chi connectivity index (χ2v) is 5.38. The molecule has 1 heterocycles. The molecular formula is C16H17NO4. The smallest absolute Gasteiger partial charge is 0.244 e. The highest BCUT2D eigenvalue weighted by Gasteiger charge is 2.17. The predicted octanol–water partition coefficient (Wildman–Crippen LogP) is 1.69. The van der Waals surface area contributed by atoms with Gasteiger partial charge in [-0.25, -0.2) is 0 Å². The molecule has 0 aliphatic rings. The Kier molecular flexibility index (Phi) is 4.23. The maximum Gasteiger partial charge on any atom is 0.244 e. The van der Waals surface area contributed by atoms with Crippen molar-refractivity contribution in [3.8, 4) is 0 Å². The Morgan fingerprint density at radius 3 is 2.81 bits per heavy atom. The average molecular weight is 287 g/mol. The first kappa shape index (κ1) is 15.0. The molecule has 2 N–H and O–H groups in total. The van der Waals surface area contributed by atoms with E-state index < -0.39 is 5.54 Å². The predicted molar refractivity (Wildman–Crippen MR) is 80.8 cm³/mol. The Balaban J connectivity index is 2.24. The minimum absolute atomic E-state index is 0.176. The highest BCUT2D eigenvalue weighted by Crippen LogP contribution is 2.11. The Labute approximate surface area is 121 Å². The summed E-state index contributed by atoms with van der Waals surface area (Å²) in [4.78, 5) is 23.9. The summed E-state index contributed by atoms with van der Waals surface area (Å²) in [5, 5.41) is 12.2. The third-order valence-electron chi connectivity index (χ3n) is 2.98. The molecule has 1 aromatic heterocycles. The zero-order valence-electron chi connectivity index (χ0n) is 11.9. The molecule has 0 unspecified atom stereocenters. The summed E-state index contributed by atoms with van der Waals surface area (Å²) in [5.41, 5.74) is -0.103. The Morgan fingerprint density at radius 2 is 2.10 bits per heavy atom. The molecule has 0 atom stereocenters. The van der Waals surface area contributed by atoms with E-state index in [1.54, 1.807) is 38.1 Å². The maximum absolute atomic E-state index is 12.2. The summed E-state index contributed by atoms with van der Waals surface area (Å²) < 4.78 is 5.36. The number of fused-ring (bicyclic) bond motifs is 1. The number of benzene rings is 1. The van der Waals surface area contributed by atoms with Crippen LogP contribution in [0.2, 0.25) is 0 Å². The van der Waals surface area contributed by atoms with E-state index >= 15 is 0 Å². The summed E-state index contributed by atoms with van der Waals surface area (Å²) in [5.74, 6) is -0.387. The number of hydrogen-bond acceptors (Lipinski definition) is 4. The number of aliphatic hydroxyl groups is 1. The minimum Gasteiger partial charge on any atom is -0.463 e. The lowest BCUT2D eigenvalue weighted by atomic mass is 10.1. The summed E-state index contributed by atoms with van der Waals surface area (Å²) in [6.45, 7) is 3.22. The molecule has 0 fully saturated rings. The van der Waals surface area contributed by atoms with Crippen LogP contribution in [-0.2, 0) is 4.79 Å². The van der Waals surface area contributed by atoms with Gasteiger partial charge in [0.05, 0.1) is 23.1 Å². The molecule has 0 aliphatic heterocycles. The van der Waals surface area contributed by atoms with Crippen molar-refractivity contribution in [3.63, 3.8) is 0 Å². The van der Waals surface area contributed by atoms with Crippen molar-refractivity contribution in [2.75, 3.05) is 6.61 Å². The topological polar surface area (TPSA) is 79.5 Å². The number of aliphatic hydroxyl groups excluding tert-OH is 1. The normalized spacial score (nSPS) is 12.0. The molecular weight excluding hydrogens is 270 g/mol. The number of carbonyl (C=O) groups is 1. The third-order valence-corrected chi connectivity index (χ3v) is 2.98. The van der Waals surface area contributed by atoms with Gasteiger partial charge in [-0.2, -0.15) is 0 Å². The van der Waals surface area contributed by atoms with Gasteiger partial charge in [-0.3, -0.25) is 9.59 Å². The summed E-state index contributed by atoms with van der Waals surface area (Å²) in [7, 11) is 0. The van der Waals surface area contributed by atoms with Gasteiger partial charge in [0.25, 0.3) is 0 Å². The van der Waals surface area contributed by atoms with Crippen LogP contribution in [-0.4, -0.2) is 23.2 Å². The van der Waals surface area contributed by atoms with Gasteiger partial charge >= 0.3 is 0 Å². The van der Waals surface area contributed by atoms with Crippen LogP contribution in [0.15, 0.2) is 45.8 Å². The quantitative estimate of drug-likeness (QED) is 0.839. The standard InChI is InChI=1S/C16H17NO4/c1-16(2,10-18)17-14(19)8-7-11-9-21-13-6-4-3-5-12(13)15(11)20/h3-9,18H,10H2,1-2H3,(H,17,19)/b8-7+. The van der Waals surface area contributed by atoms with Crippen LogP contribution in [0.1, 0.15) is 19.4 Å². The molecule has 0 aliphatic carbocycles. The zero-order chi connectivity index (χ0) is 15.5. The molecule has 5 heteroatoms. The molecule has 5 nitrogen and oxygen atoms in total. The van der Waals surface area contributed by atoms with Crippen molar-refractivity contribution >= 4 is 23.0 Å². The fraction of sp³-hybridized carbons (Fsp3) is 0.250. The average Bonchev–Trinajstić information content (AvgIpc) is 2.46. The van der Waals surface area contributed by atoms with Crippen molar-refractivity contribution in [2.24, 2.45) is 0 Å². The monoisotopic (exact) mass is 287 g/mol. The van der Waals surface area contributed by atoms with Gasteiger partial charge in [-0.15, -0.1) is 0 Å². The van der Waals surface area contributed by atoms with Crippen LogP contribution in [0.4, 0.5) is 0 Å². The van der Waals surface area contributed by atoms with Gasteiger partial charge in [-0.05, 0) is 32.1 Å². The van der Waals surface area contributed by atoms with Gasteiger partial charge in [-0.1, -0.05) is 12.1 Å². The van der Waals surface area contributed by atoms with Crippen LogP contribution in [0.25, 0.3) is 17.0 Å². The number of para-hydroxylation sites is 1. The van der Waals surface area contributed by atoms with Crippen molar-refractivity contribution in [2.45, 2.75) is 19.4 Å². The van der Waals surface area contributed by atoms with Crippen molar-refractivity contribution in [1.82, 2.24) is 5.32 Å². The van der Waals surface area contributed by atoms with E-state index in [9.17, 15) is 9.59 Å². The molecule has 2 rings (SSSR count). The van der Waals surface area contributed by atoms with Gasteiger partial charge in [0, 0.05) is 6.08 Å². The molecule has 2 aromatic rings. The number of rotatable bonds is 4. The van der Waals surface area contributed by atoms with Crippen LogP contribution < -0.4 is 10.7 Å². The Morgan fingerprint density at radius 1 is 1.38 bits per heavy atom. The first-order chi connectivity index (χ1) is 9.93. The number of hydrogen-bond donors (Lipinski definition) is 2. The summed E-state index contributed by atoms with van der Waals surface area (Å²) in [6.07, 6.45) is 3.98. The molecule has 1 aromatic carbocycles. The van der Waals surface area contributed by atoms with Crippen molar-refractivity contribution in [1.29, 1.82) is 0 Å². The summed E-state index contributed by atoms with van der Waals surface area (Å²) in [6, 6.07) is 6.92. The highest BCUT2D eigenvalue weighted by molar-refractivity contribution is 5.92. The van der Waals surface area contributed by atoms with Crippen molar-refractivity contribution in [3.05, 3.63) is 52.4 Å². The first-order valence-electron chi connectivity index (χ1n) is 6.54. The lowest BCUT2D eigenvalue weighted by Crippen LogP contribution is -2.45. The molecule has 0 spiro atoms. The second-order valence-electron chi connectivity index (χ2n) is 5.38. The molecule has 1 amide bonds. The zero-order valence-corrected chi connectivity index (χ0v) is 11.9. The summed E-state index contributed by atoms with van der Waals surface area (Å²) >= 11 is 0. The lowest BCUT2D eigenvalue weighted by molar-refractivity contribution is -0.118. The van der Waals surface area contributed by atoms with E-state index in [0.29, 0.717) is 16.5 Å². The van der Waals surface area contributed by atoms with Gasteiger partial charge in [0.15, 0.2) is 5.43 Å². The molecule has 110 valence electrons. The van der Waals surface area contributed by atoms with E-state index in [2.05, 4.69) is 5.32 Å². The first-order valence-corrected chi connectivity index (χ1v) is 6.54. The highest BCUT2D eigenvalue weighted by atomic mass is 16.3. The largest absolute Gasteiger partial charge is 0.463 e. The van der Waals surface area contributed by atoms with E-state index in [-0.39, 0.29) is 17.9 Å². The van der Waals surface area contributed by atoms with E-state index in [1.165, 1.54) is 18.4 Å². The second kappa shape index (κ2) is 5.93.